The molecule has 20 heavy (non-hydrogen) atoms. The number of piperazine rings is 1. The van der Waals surface area contributed by atoms with E-state index in [1.807, 2.05) is 12.4 Å². The zero-order valence-electron chi connectivity index (χ0n) is 12.4. The first-order chi connectivity index (χ1) is 9.92. The Morgan fingerprint density at radius 2 is 1.95 bits per heavy atom. The van der Waals surface area contributed by atoms with Gasteiger partial charge in [0, 0.05) is 44.6 Å². The lowest BCUT2D eigenvalue weighted by Crippen LogP contribution is -2.54. The maximum absolute atomic E-state index is 4.09. The van der Waals surface area contributed by atoms with Gasteiger partial charge in [0.05, 0.1) is 0 Å². The molecule has 110 valence electrons. The molecule has 1 unspecified atom stereocenters. The summed E-state index contributed by atoms with van der Waals surface area (Å²) < 4.78 is 0. The highest BCUT2D eigenvalue weighted by atomic mass is 15.2. The van der Waals surface area contributed by atoms with Gasteiger partial charge in [-0.15, -0.1) is 0 Å². The lowest BCUT2D eigenvalue weighted by atomic mass is 9.83. The Bertz CT molecular complexity index is 386. The number of rotatable bonds is 4. The summed E-state index contributed by atoms with van der Waals surface area (Å²) in [4.78, 5) is 6.74. The summed E-state index contributed by atoms with van der Waals surface area (Å²) in [6.45, 7) is 4.80. The van der Waals surface area contributed by atoms with Gasteiger partial charge in [-0.2, -0.15) is 0 Å². The van der Waals surface area contributed by atoms with Crippen LogP contribution in [0.3, 0.4) is 0 Å². The van der Waals surface area contributed by atoms with Crippen LogP contribution in [0.25, 0.3) is 0 Å². The molecule has 1 aliphatic heterocycles. The van der Waals surface area contributed by atoms with E-state index in [9.17, 15) is 0 Å². The average molecular weight is 273 g/mol. The van der Waals surface area contributed by atoms with Gasteiger partial charge in [0.25, 0.3) is 0 Å². The number of nitrogens with zero attached hydrogens (tertiary/aromatic N) is 2. The van der Waals surface area contributed by atoms with E-state index in [2.05, 4.69) is 27.3 Å². The molecule has 1 saturated heterocycles. The van der Waals surface area contributed by atoms with Crippen LogP contribution in [-0.4, -0.2) is 42.1 Å². The van der Waals surface area contributed by atoms with Gasteiger partial charge < -0.3 is 10.2 Å². The number of hydrogen-bond donors (Lipinski definition) is 1. The molecule has 0 spiro atoms. The minimum atomic E-state index is 0.737. The second-order valence-electron chi connectivity index (χ2n) is 6.36. The minimum absolute atomic E-state index is 0.737. The van der Waals surface area contributed by atoms with Crippen LogP contribution in [0, 0.1) is 5.92 Å². The normalized spacial score (nSPS) is 25.7. The van der Waals surface area contributed by atoms with Crippen LogP contribution in [0.5, 0.6) is 0 Å². The summed E-state index contributed by atoms with van der Waals surface area (Å²) in [6.07, 6.45) is 12.2. The van der Waals surface area contributed by atoms with Crippen molar-refractivity contribution in [2.24, 2.45) is 5.92 Å². The monoisotopic (exact) mass is 273 g/mol. The third-order valence-electron chi connectivity index (χ3n) is 4.97. The topological polar surface area (TPSA) is 28.2 Å². The van der Waals surface area contributed by atoms with Crippen molar-refractivity contribution >= 4 is 0 Å². The second-order valence-corrected chi connectivity index (χ2v) is 6.36. The molecule has 1 N–H and O–H groups in total. The van der Waals surface area contributed by atoms with Gasteiger partial charge in [-0.1, -0.05) is 19.3 Å². The molecule has 1 aromatic heterocycles. The molecule has 2 fully saturated rings. The molecule has 3 nitrogen and oxygen atoms in total. The SMILES string of the molecule is c1cc(CCN2CCNC(C3CCCCC3)C2)ccn1. The fourth-order valence-corrected chi connectivity index (χ4v) is 3.73. The standard InChI is InChI=1S/C17H27N3/c1-2-4-16(5-3-1)17-14-20(13-11-19-17)12-8-15-6-9-18-10-7-15/h6-7,9-10,16-17,19H,1-5,8,11-14H2. The molecule has 1 atom stereocenters. The van der Waals surface area contributed by atoms with Gasteiger partial charge in [-0.05, 0) is 42.9 Å². The summed E-state index contributed by atoms with van der Waals surface area (Å²) in [5.41, 5.74) is 1.41. The summed E-state index contributed by atoms with van der Waals surface area (Å²) in [5.74, 6) is 0.924. The molecule has 3 rings (SSSR count). The van der Waals surface area contributed by atoms with Gasteiger partial charge >= 0.3 is 0 Å². The van der Waals surface area contributed by atoms with Gasteiger partial charge in [0.2, 0.25) is 0 Å². The number of aromatic nitrogens is 1. The Hall–Kier alpha value is -0.930. The van der Waals surface area contributed by atoms with Crippen molar-refractivity contribution in [1.29, 1.82) is 0 Å². The molecule has 0 aromatic carbocycles. The smallest absolute Gasteiger partial charge is 0.0270 e. The fraction of sp³-hybridized carbons (Fsp3) is 0.706. The summed E-state index contributed by atoms with van der Waals surface area (Å²) in [5, 5.41) is 3.77. The van der Waals surface area contributed by atoms with Crippen LogP contribution in [0.15, 0.2) is 24.5 Å². The quantitative estimate of drug-likeness (QED) is 0.913. The number of nitrogens with one attached hydrogen (secondary N) is 1. The molecular formula is C17H27N3. The molecule has 0 amide bonds. The first-order valence-electron chi connectivity index (χ1n) is 8.26. The van der Waals surface area contributed by atoms with E-state index in [0.717, 1.165) is 24.9 Å². The fourth-order valence-electron chi connectivity index (χ4n) is 3.73. The van der Waals surface area contributed by atoms with Crippen molar-refractivity contribution in [2.75, 3.05) is 26.2 Å². The molecule has 2 heterocycles. The van der Waals surface area contributed by atoms with Crippen molar-refractivity contribution in [1.82, 2.24) is 15.2 Å². The van der Waals surface area contributed by atoms with Crippen LogP contribution < -0.4 is 5.32 Å². The van der Waals surface area contributed by atoms with Gasteiger partial charge in [0.15, 0.2) is 0 Å². The Balaban J connectivity index is 1.47. The molecule has 2 aliphatic rings. The third-order valence-corrected chi connectivity index (χ3v) is 4.97. The van der Waals surface area contributed by atoms with Crippen molar-refractivity contribution in [3.05, 3.63) is 30.1 Å². The molecule has 3 heteroatoms. The Labute approximate surface area is 122 Å². The van der Waals surface area contributed by atoms with E-state index < -0.39 is 0 Å². The van der Waals surface area contributed by atoms with Crippen LogP contribution >= 0.6 is 0 Å². The highest BCUT2D eigenvalue weighted by Crippen LogP contribution is 2.27. The van der Waals surface area contributed by atoms with Crippen molar-refractivity contribution < 1.29 is 0 Å². The lowest BCUT2D eigenvalue weighted by molar-refractivity contribution is 0.147. The second kappa shape index (κ2) is 7.19. The predicted molar refractivity (Wildman–Crippen MR) is 82.7 cm³/mol. The molecule has 0 radical (unpaired) electrons. The largest absolute Gasteiger partial charge is 0.311 e. The maximum atomic E-state index is 4.09. The van der Waals surface area contributed by atoms with Gasteiger partial charge in [-0.25, -0.2) is 0 Å². The Morgan fingerprint density at radius 3 is 2.75 bits per heavy atom. The van der Waals surface area contributed by atoms with Crippen LogP contribution in [0.2, 0.25) is 0 Å². The van der Waals surface area contributed by atoms with E-state index in [0.29, 0.717) is 0 Å². The van der Waals surface area contributed by atoms with Crippen molar-refractivity contribution in [3.8, 4) is 0 Å². The number of pyridine rings is 1. The summed E-state index contributed by atoms with van der Waals surface area (Å²) in [7, 11) is 0. The summed E-state index contributed by atoms with van der Waals surface area (Å²) in [6, 6.07) is 5.02. The predicted octanol–water partition coefficient (Wildman–Crippen LogP) is 2.48. The molecule has 0 bridgehead atoms. The first-order valence-corrected chi connectivity index (χ1v) is 8.26. The highest BCUT2D eigenvalue weighted by molar-refractivity contribution is 5.10. The molecule has 1 aliphatic carbocycles. The van der Waals surface area contributed by atoms with E-state index in [4.69, 9.17) is 0 Å². The summed E-state index contributed by atoms with van der Waals surface area (Å²) >= 11 is 0. The zero-order chi connectivity index (χ0) is 13.6. The third kappa shape index (κ3) is 3.80. The van der Waals surface area contributed by atoms with Crippen LogP contribution in [-0.2, 0) is 6.42 Å². The average Bonchev–Trinajstić information content (AvgIpc) is 2.55. The Morgan fingerprint density at radius 1 is 1.15 bits per heavy atom. The van der Waals surface area contributed by atoms with E-state index in [1.165, 1.54) is 57.3 Å². The maximum Gasteiger partial charge on any atom is 0.0270 e. The van der Waals surface area contributed by atoms with Crippen LogP contribution in [0.1, 0.15) is 37.7 Å². The van der Waals surface area contributed by atoms with E-state index in [1.54, 1.807) is 0 Å². The zero-order valence-corrected chi connectivity index (χ0v) is 12.4. The number of hydrogen-bond acceptors (Lipinski definition) is 3. The van der Waals surface area contributed by atoms with E-state index in [-0.39, 0.29) is 0 Å². The first kappa shape index (κ1) is 14.0. The molecule has 1 aromatic rings. The van der Waals surface area contributed by atoms with Gasteiger partial charge in [0.1, 0.15) is 0 Å². The lowest BCUT2D eigenvalue weighted by Gasteiger charge is -2.39. The van der Waals surface area contributed by atoms with E-state index >= 15 is 0 Å². The molecule has 1 saturated carbocycles. The van der Waals surface area contributed by atoms with Crippen LogP contribution in [0.4, 0.5) is 0 Å². The Kier molecular flexibility index (Phi) is 5.04. The van der Waals surface area contributed by atoms with Crippen molar-refractivity contribution in [2.45, 2.75) is 44.6 Å². The van der Waals surface area contributed by atoms with Gasteiger partial charge in [-0.3, -0.25) is 4.98 Å². The minimum Gasteiger partial charge on any atom is -0.311 e. The van der Waals surface area contributed by atoms with Crippen molar-refractivity contribution in [3.63, 3.8) is 0 Å². The highest BCUT2D eigenvalue weighted by Gasteiger charge is 2.27. The molecular weight excluding hydrogens is 246 g/mol.